The third-order valence-electron chi connectivity index (χ3n) is 3.73. The van der Waals surface area contributed by atoms with E-state index in [1.54, 1.807) is 6.07 Å². The molecule has 0 bridgehead atoms. The fraction of sp³-hybridized carbons (Fsp3) is 0.714. The summed E-state index contributed by atoms with van der Waals surface area (Å²) < 4.78 is 27.7. The molecule has 0 aliphatic carbocycles. The summed E-state index contributed by atoms with van der Waals surface area (Å²) in [6, 6.07) is 1.85. The minimum Gasteiger partial charge on any atom is -0.303 e. The van der Waals surface area contributed by atoms with Gasteiger partial charge < -0.3 is 4.90 Å². The van der Waals surface area contributed by atoms with Crippen LogP contribution in [0.25, 0.3) is 0 Å². The van der Waals surface area contributed by atoms with Gasteiger partial charge in [0.15, 0.2) is 0 Å². The van der Waals surface area contributed by atoms with Gasteiger partial charge >= 0.3 is 0 Å². The zero-order chi connectivity index (χ0) is 14.8. The number of likely N-dealkylation sites (tertiary alicyclic amines) is 1. The van der Waals surface area contributed by atoms with Crippen LogP contribution in [0.1, 0.15) is 35.9 Å². The maximum Gasteiger partial charge on any atom is 0.241 e. The van der Waals surface area contributed by atoms with Crippen molar-refractivity contribution in [2.45, 2.75) is 51.0 Å². The summed E-state index contributed by atoms with van der Waals surface area (Å²) in [5, 5.41) is 0. The summed E-state index contributed by atoms with van der Waals surface area (Å²) in [6.45, 7) is 9.08. The highest BCUT2D eigenvalue weighted by molar-refractivity contribution is 7.89. The lowest BCUT2D eigenvalue weighted by atomic mass is 10.1. The molecule has 0 saturated carbocycles. The van der Waals surface area contributed by atoms with Gasteiger partial charge in [0.25, 0.3) is 0 Å². The predicted octanol–water partition coefficient (Wildman–Crippen LogP) is 2.94. The second kappa shape index (κ2) is 7.92. The summed E-state index contributed by atoms with van der Waals surface area (Å²) >= 11 is 1.54. The molecule has 4 nitrogen and oxygen atoms in total. The van der Waals surface area contributed by atoms with E-state index in [1.165, 1.54) is 11.3 Å². The molecule has 1 aromatic heterocycles. The van der Waals surface area contributed by atoms with Gasteiger partial charge in [-0.1, -0.05) is 6.92 Å². The van der Waals surface area contributed by atoms with Gasteiger partial charge in [-0.05, 0) is 58.8 Å². The van der Waals surface area contributed by atoms with Crippen molar-refractivity contribution >= 4 is 33.8 Å². The number of piperidine rings is 1. The van der Waals surface area contributed by atoms with Crippen molar-refractivity contribution in [3.63, 3.8) is 0 Å². The first-order valence-electron chi connectivity index (χ1n) is 7.24. The topological polar surface area (TPSA) is 49.4 Å². The fourth-order valence-corrected chi connectivity index (χ4v) is 5.61. The van der Waals surface area contributed by atoms with Gasteiger partial charge in [0, 0.05) is 15.8 Å². The fourth-order valence-electron chi connectivity index (χ4n) is 2.75. The zero-order valence-electron chi connectivity index (χ0n) is 12.9. The molecule has 122 valence electrons. The van der Waals surface area contributed by atoms with Crippen LogP contribution in [0.3, 0.4) is 0 Å². The number of rotatable bonds is 5. The molecule has 0 radical (unpaired) electrons. The van der Waals surface area contributed by atoms with Crippen molar-refractivity contribution in [1.29, 1.82) is 0 Å². The third kappa shape index (κ3) is 4.93. The van der Waals surface area contributed by atoms with Crippen molar-refractivity contribution in [2.24, 2.45) is 0 Å². The van der Waals surface area contributed by atoms with Crippen molar-refractivity contribution < 1.29 is 8.42 Å². The van der Waals surface area contributed by atoms with Gasteiger partial charge in [-0.15, -0.1) is 23.7 Å². The molecule has 1 aliphatic heterocycles. The van der Waals surface area contributed by atoms with E-state index in [0.717, 1.165) is 48.7 Å². The molecular formula is C14H25ClN2O2S2. The molecule has 7 heteroatoms. The lowest BCUT2D eigenvalue weighted by Gasteiger charge is -2.31. The molecule has 1 saturated heterocycles. The standard InChI is InChI=1S/C14H24N2O2S2.ClH/c1-4-7-16-8-5-13(6-9-16)15-20(17,18)14-10-11(2)19-12(14)3;/h10,13,15H,4-9H2,1-3H3;1H. The van der Waals surface area contributed by atoms with Crippen molar-refractivity contribution in [2.75, 3.05) is 19.6 Å². The Morgan fingerprint density at radius 2 is 1.95 bits per heavy atom. The average Bonchev–Trinajstić information content (AvgIpc) is 2.72. The lowest BCUT2D eigenvalue weighted by molar-refractivity contribution is 0.208. The number of hydrogen-bond donors (Lipinski definition) is 1. The maximum absolute atomic E-state index is 12.4. The smallest absolute Gasteiger partial charge is 0.241 e. The molecular weight excluding hydrogens is 328 g/mol. The largest absolute Gasteiger partial charge is 0.303 e. The van der Waals surface area contributed by atoms with Crippen molar-refractivity contribution in [1.82, 2.24) is 9.62 Å². The van der Waals surface area contributed by atoms with Gasteiger partial charge in [-0.25, -0.2) is 13.1 Å². The van der Waals surface area contributed by atoms with Crippen LogP contribution < -0.4 is 4.72 Å². The normalized spacial score (nSPS) is 17.7. The predicted molar refractivity (Wildman–Crippen MR) is 91.1 cm³/mol. The van der Waals surface area contributed by atoms with Gasteiger partial charge in [0.2, 0.25) is 10.0 Å². The summed E-state index contributed by atoms with van der Waals surface area (Å²) in [7, 11) is -3.36. The molecule has 0 amide bonds. The van der Waals surface area contributed by atoms with E-state index in [2.05, 4.69) is 16.5 Å². The van der Waals surface area contributed by atoms with Gasteiger partial charge in [-0.2, -0.15) is 0 Å². The van der Waals surface area contributed by atoms with Crippen molar-refractivity contribution in [3.8, 4) is 0 Å². The van der Waals surface area contributed by atoms with Crippen molar-refractivity contribution in [3.05, 3.63) is 15.8 Å². The Hall–Kier alpha value is -0.140. The SMILES string of the molecule is CCCN1CCC(NS(=O)(=O)c2cc(C)sc2C)CC1.Cl. The Morgan fingerprint density at radius 3 is 2.43 bits per heavy atom. The van der Waals surface area contributed by atoms with E-state index < -0.39 is 10.0 Å². The van der Waals surface area contributed by atoms with Crippen LogP contribution in [0, 0.1) is 13.8 Å². The monoisotopic (exact) mass is 352 g/mol. The molecule has 21 heavy (non-hydrogen) atoms. The highest BCUT2D eigenvalue weighted by atomic mass is 35.5. The molecule has 0 atom stereocenters. The Bertz CT molecular complexity index is 549. The first-order valence-corrected chi connectivity index (χ1v) is 9.54. The molecule has 2 rings (SSSR count). The molecule has 1 N–H and O–H groups in total. The molecule has 0 unspecified atom stereocenters. The minimum absolute atomic E-state index is 0. The van der Waals surface area contributed by atoms with Crippen LogP contribution >= 0.6 is 23.7 Å². The van der Waals surface area contributed by atoms with E-state index in [4.69, 9.17) is 0 Å². The van der Waals surface area contributed by atoms with Crippen LogP contribution in [0.5, 0.6) is 0 Å². The zero-order valence-corrected chi connectivity index (χ0v) is 15.3. The Kier molecular flexibility index (Phi) is 7.13. The minimum atomic E-state index is -3.36. The second-order valence-corrected chi connectivity index (χ2v) is 8.66. The number of hydrogen-bond acceptors (Lipinski definition) is 4. The van der Waals surface area contributed by atoms with Gasteiger partial charge in [0.1, 0.15) is 0 Å². The van der Waals surface area contributed by atoms with Crippen LogP contribution in [0.15, 0.2) is 11.0 Å². The molecule has 1 aromatic rings. The summed E-state index contributed by atoms with van der Waals surface area (Å²) in [5.41, 5.74) is 0. The van der Waals surface area contributed by atoms with E-state index in [1.807, 2.05) is 13.8 Å². The second-order valence-electron chi connectivity index (χ2n) is 5.51. The highest BCUT2D eigenvalue weighted by Gasteiger charge is 2.26. The van der Waals surface area contributed by atoms with E-state index in [-0.39, 0.29) is 18.4 Å². The highest BCUT2D eigenvalue weighted by Crippen LogP contribution is 2.25. The number of thiophene rings is 1. The Balaban J connectivity index is 0.00000220. The molecule has 0 aromatic carbocycles. The van der Waals surface area contributed by atoms with E-state index in [9.17, 15) is 8.42 Å². The number of nitrogens with one attached hydrogen (secondary N) is 1. The lowest BCUT2D eigenvalue weighted by Crippen LogP contribution is -2.44. The average molecular weight is 353 g/mol. The molecule has 0 spiro atoms. The number of sulfonamides is 1. The number of halogens is 1. The quantitative estimate of drug-likeness (QED) is 0.886. The van der Waals surface area contributed by atoms with Crippen LogP contribution in [0.2, 0.25) is 0 Å². The van der Waals surface area contributed by atoms with E-state index >= 15 is 0 Å². The summed E-state index contributed by atoms with van der Waals surface area (Å²) in [6.07, 6.45) is 2.96. The summed E-state index contributed by atoms with van der Waals surface area (Å²) in [5.74, 6) is 0. The third-order valence-corrected chi connectivity index (χ3v) is 6.48. The molecule has 2 heterocycles. The molecule has 1 fully saturated rings. The Morgan fingerprint density at radius 1 is 1.33 bits per heavy atom. The number of aryl methyl sites for hydroxylation is 2. The first-order chi connectivity index (χ1) is 9.42. The van der Waals surface area contributed by atoms with Crippen LogP contribution in [-0.4, -0.2) is 39.0 Å². The van der Waals surface area contributed by atoms with Crippen LogP contribution in [-0.2, 0) is 10.0 Å². The van der Waals surface area contributed by atoms with E-state index in [0.29, 0.717) is 4.90 Å². The maximum atomic E-state index is 12.4. The van der Waals surface area contributed by atoms with Gasteiger partial charge in [-0.3, -0.25) is 0 Å². The number of nitrogens with zero attached hydrogens (tertiary/aromatic N) is 1. The Labute approximate surface area is 138 Å². The summed E-state index contributed by atoms with van der Waals surface area (Å²) in [4.78, 5) is 4.78. The first kappa shape index (κ1) is 18.9. The van der Waals surface area contributed by atoms with Gasteiger partial charge in [0.05, 0.1) is 4.90 Å². The van der Waals surface area contributed by atoms with Crippen LogP contribution in [0.4, 0.5) is 0 Å². The molecule has 1 aliphatic rings.